The molecular weight excluding hydrogens is 668 g/mol. The lowest BCUT2D eigenvalue weighted by Crippen LogP contribution is -2.15. The molecule has 0 spiro atoms. The number of fused-ring (bicyclic) bond motifs is 2. The number of benzene rings is 5. The van der Waals surface area contributed by atoms with Gasteiger partial charge in [-0.15, -0.1) is 0 Å². The highest BCUT2D eigenvalue weighted by Gasteiger charge is 2.37. The van der Waals surface area contributed by atoms with E-state index in [0.717, 1.165) is 36.3 Å². The van der Waals surface area contributed by atoms with Gasteiger partial charge in [-0.2, -0.15) is 0 Å². The van der Waals surface area contributed by atoms with Crippen molar-refractivity contribution in [3.05, 3.63) is 125 Å². The van der Waals surface area contributed by atoms with E-state index in [0.29, 0.717) is 52.5 Å². The molecule has 51 heavy (non-hydrogen) atoms. The first kappa shape index (κ1) is 34.1. The van der Waals surface area contributed by atoms with Crippen LogP contribution in [0.5, 0.6) is 23.0 Å². The molecule has 2 aliphatic rings. The smallest absolute Gasteiger partial charge is 0.339 e. The van der Waals surface area contributed by atoms with E-state index >= 15 is 4.39 Å². The lowest BCUT2D eigenvalue weighted by atomic mass is 9.90. The van der Waals surface area contributed by atoms with Crippen molar-refractivity contribution < 1.29 is 32.9 Å². The Morgan fingerprint density at radius 2 is 1.67 bits per heavy atom. The normalized spacial score (nSPS) is 15.1. The fourth-order valence-corrected chi connectivity index (χ4v) is 7.57. The maximum Gasteiger partial charge on any atom is 0.339 e. The van der Waals surface area contributed by atoms with Gasteiger partial charge < -0.3 is 28.4 Å². The van der Waals surface area contributed by atoms with Gasteiger partial charge in [-0.05, 0) is 94.3 Å². The molecule has 10 heteroatoms. The minimum Gasteiger partial charge on any atom is -0.493 e. The van der Waals surface area contributed by atoms with Gasteiger partial charge in [0.2, 0.25) is 5.75 Å². The fraction of sp³-hybridized carbons (Fsp3) is 0.244. The standard InChI is InChI=1S/C41H39FN2O6S/c1-5-19-49-35-16-14-29(23-32(35)42)39-31(20-25-21-36(46-2)40(48-4)37(22-25)47-3)38(41(45)50-39)28-13-15-34-33(24-28)43-51-44(34)18-17-27-11-8-10-26-9-6-7-12-30(26)27/h6-16,21-24,39,43H,5,17-20H2,1-4H3. The Morgan fingerprint density at radius 3 is 2.41 bits per heavy atom. The zero-order chi connectivity index (χ0) is 35.5. The first-order valence-corrected chi connectivity index (χ1v) is 17.7. The largest absolute Gasteiger partial charge is 0.493 e. The first-order chi connectivity index (χ1) is 24.9. The molecule has 1 unspecified atom stereocenters. The summed E-state index contributed by atoms with van der Waals surface area (Å²) in [7, 11) is 4.67. The second-order valence-corrected chi connectivity index (χ2v) is 13.2. The van der Waals surface area contributed by atoms with Crippen molar-refractivity contribution >= 4 is 45.8 Å². The third-order valence-electron chi connectivity index (χ3n) is 9.19. The van der Waals surface area contributed by atoms with Gasteiger partial charge >= 0.3 is 5.97 Å². The minimum absolute atomic E-state index is 0.160. The number of halogens is 1. The van der Waals surface area contributed by atoms with Crippen molar-refractivity contribution in [3.63, 3.8) is 0 Å². The van der Waals surface area contributed by atoms with Crippen LogP contribution in [0.4, 0.5) is 15.8 Å². The topological polar surface area (TPSA) is 78.5 Å². The lowest BCUT2D eigenvalue weighted by Gasteiger charge is -2.18. The molecule has 0 bridgehead atoms. The maximum atomic E-state index is 15.3. The summed E-state index contributed by atoms with van der Waals surface area (Å²) in [5.74, 6) is 0.605. The lowest BCUT2D eigenvalue weighted by molar-refractivity contribution is -0.138. The Balaban J connectivity index is 1.24. The van der Waals surface area contributed by atoms with Crippen molar-refractivity contribution in [3.8, 4) is 23.0 Å². The third-order valence-corrected chi connectivity index (χ3v) is 10.1. The summed E-state index contributed by atoms with van der Waals surface area (Å²) in [6, 6.07) is 29.3. The molecule has 0 radical (unpaired) electrons. The molecule has 2 aliphatic heterocycles. The van der Waals surface area contributed by atoms with Gasteiger partial charge in [0.15, 0.2) is 23.1 Å². The Morgan fingerprint density at radius 1 is 0.882 bits per heavy atom. The highest BCUT2D eigenvalue weighted by atomic mass is 32.2. The van der Waals surface area contributed by atoms with E-state index in [1.165, 1.54) is 34.5 Å². The number of methoxy groups -OCH3 is 3. The van der Waals surface area contributed by atoms with Gasteiger partial charge in [0.25, 0.3) is 0 Å². The van der Waals surface area contributed by atoms with Gasteiger partial charge in [0.1, 0.15) is 6.10 Å². The average Bonchev–Trinajstić information content (AvgIpc) is 3.72. The van der Waals surface area contributed by atoms with E-state index in [9.17, 15) is 4.79 Å². The highest BCUT2D eigenvalue weighted by Crippen LogP contribution is 2.47. The Hall–Kier alpha value is -5.35. The number of hydrogen-bond donors (Lipinski definition) is 1. The van der Waals surface area contributed by atoms with E-state index in [1.807, 2.05) is 37.3 Å². The quantitative estimate of drug-likeness (QED) is 0.0953. The third kappa shape index (κ3) is 6.76. The van der Waals surface area contributed by atoms with Gasteiger partial charge in [0, 0.05) is 6.54 Å². The number of carbonyl (C=O) groups excluding carboxylic acids is 1. The molecule has 1 atom stereocenters. The predicted molar refractivity (Wildman–Crippen MR) is 200 cm³/mol. The summed E-state index contributed by atoms with van der Waals surface area (Å²) < 4.78 is 49.3. The van der Waals surface area contributed by atoms with Crippen molar-refractivity contribution in [2.24, 2.45) is 0 Å². The molecule has 0 saturated carbocycles. The van der Waals surface area contributed by atoms with E-state index in [-0.39, 0.29) is 5.75 Å². The number of nitrogens with one attached hydrogen (secondary N) is 1. The predicted octanol–water partition coefficient (Wildman–Crippen LogP) is 9.13. The molecule has 0 aromatic heterocycles. The second kappa shape index (κ2) is 14.9. The molecule has 0 saturated heterocycles. The zero-order valence-electron chi connectivity index (χ0n) is 29.0. The maximum absolute atomic E-state index is 15.3. The molecule has 2 heterocycles. The molecular formula is C41H39FN2O6S. The van der Waals surface area contributed by atoms with Crippen LogP contribution in [0.2, 0.25) is 0 Å². The molecule has 5 aromatic carbocycles. The van der Waals surface area contributed by atoms with E-state index in [1.54, 1.807) is 33.5 Å². The SMILES string of the molecule is CCCOc1ccc(C2OC(=O)C(c3ccc4c(c3)NSN4CCc3cccc4ccccc34)=C2Cc2cc(OC)c(OC)c(OC)c2)cc1F. The van der Waals surface area contributed by atoms with Crippen LogP contribution in [0, 0.1) is 5.82 Å². The summed E-state index contributed by atoms with van der Waals surface area (Å²) in [6.45, 7) is 3.15. The van der Waals surface area contributed by atoms with Crippen LogP contribution in [-0.4, -0.2) is 40.5 Å². The van der Waals surface area contributed by atoms with Crippen LogP contribution in [0.3, 0.4) is 0 Å². The van der Waals surface area contributed by atoms with Gasteiger partial charge in [-0.3, -0.25) is 4.31 Å². The van der Waals surface area contributed by atoms with Gasteiger partial charge in [0.05, 0.1) is 57.0 Å². The number of ether oxygens (including phenoxy) is 5. The number of carbonyl (C=O) groups is 1. The van der Waals surface area contributed by atoms with Crippen LogP contribution >= 0.6 is 12.1 Å². The number of esters is 1. The van der Waals surface area contributed by atoms with Crippen LogP contribution < -0.4 is 28.0 Å². The number of anilines is 2. The van der Waals surface area contributed by atoms with Crippen molar-refractivity contribution in [1.29, 1.82) is 0 Å². The summed E-state index contributed by atoms with van der Waals surface area (Å²) in [5.41, 5.74) is 6.36. The molecule has 5 aromatic rings. The molecule has 1 N–H and O–H groups in total. The fourth-order valence-electron chi connectivity index (χ4n) is 6.76. The van der Waals surface area contributed by atoms with Gasteiger partial charge in [-0.25, -0.2) is 9.18 Å². The van der Waals surface area contributed by atoms with Crippen molar-refractivity contribution in [2.75, 3.05) is 43.5 Å². The zero-order valence-corrected chi connectivity index (χ0v) is 29.8. The van der Waals surface area contributed by atoms with Crippen molar-refractivity contribution in [2.45, 2.75) is 32.3 Å². The second-order valence-electron chi connectivity index (χ2n) is 12.3. The molecule has 0 fully saturated rings. The van der Waals surface area contributed by atoms with Gasteiger partial charge in [-0.1, -0.05) is 61.5 Å². The number of cyclic esters (lactones) is 1. The van der Waals surface area contributed by atoms with Crippen LogP contribution in [-0.2, 0) is 22.4 Å². The van der Waals surface area contributed by atoms with Crippen LogP contribution in [0.25, 0.3) is 16.3 Å². The highest BCUT2D eigenvalue weighted by molar-refractivity contribution is 8.02. The molecule has 0 amide bonds. The Bertz CT molecular complexity index is 2110. The molecule has 7 rings (SSSR count). The summed E-state index contributed by atoms with van der Waals surface area (Å²) >= 11 is 1.53. The summed E-state index contributed by atoms with van der Waals surface area (Å²) in [5, 5.41) is 2.49. The average molecular weight is 707 g/mol. The Kier molecular flexibility index (Phi) is 9.94. The minimum atomic E-state index is -0.825. The molecule has 0 aliphatic carbocycles. The first-order valence-electron chi connectivity index (χ1n) is 16.9. The summed E-state index contributed by atoms with van der Waals surface area (Å²) in [4.78, 5) is 13.8. The van der Waals surface area contributed by atoms with Crippen LogP contribution in [0.1, 0.15) is 41.7 Å². The number of nitrogens with zero attached hydrogens (tertiary/aromatic N) is 1. The van der Waals surface area contributed by atoms with Crippen molar-refractivity contribution in [1.82, 2.24) is 0 Å². The summed E-state index contributed by atoms with van der Waals surface area (Å²) in [6.07, 6.45) is 1.10. The van der Waals surface area contributed by atoms with E-state index < -0.39 is 17.9 Å². The van der Waals surface area contributed by atoms with Crippen LogP contribution in [0.15, 0.2) is 96.6 Å². The molecule has 262 valence electrons. The monoisotopic (exact) mass is 706 g/mol. The number of rotatable bonds is 13. The van der Waals surface area contributed by atoms with E-state index in [4.69, 9.17) is 23.7 Å². The molecule has 8 nitrogen and oxygen atoms in total. The Labute approximate surface area is 301 Å². The number of hydrogen-bond acceptors (Lipinski definition) is 9. The van der Waals surface area contributed by atoms with E-state index in [2.05, 4.69) is 51.5 Å².